The molecule has 0 aromatic heterocycles. The first-order valence-electron chi connectivity index (χ1n) is 4.30. The molecule has 0 unspecified atom stereocenters. The van der Waals surface area contributed by atoms with Crippen LogP contribution in [0.15, 0.2) is 0 Å². The van der Waals surface area contributed by atoms with Gasteiger partial charge in [0.1, 0.15) is 0 Å². The maximum Gasteiger partial charge on any atom is 0.222 e. The van der Waals surface area contributed by atoms with E-state index in [1.54, 1.807) is 7.05 Å². The van der Waals surface area contributed by atoms with Crippen molar-refractivity contribution in [1.29, 1.82) is 0 Å². The van der Waals surface area contributed by atoms with Crippen LogP contribution in [-0.4, -0.2) is 31.7 Å². The Labute approximate surface area is 72.5 Å². The topological polar surface area (TPSA) is 64.3 Å². The number of hydrogen-bond acceptors (Lipinski definition) is 3. The summed E-state index contributed by atoms with van der Waals surface area (Å²) in [6.07, 6.45) is 2.62. The zero-order valence-electron chi connectivity index (χ0n) is 7.38. The van der Waals surface area contributed by atoms with E-state index in [1.165, 1.54) is 0 Å². The number of carbonyl (C=O) groups is 1. The molecular weight excluding hydrogens is 156 g/mol. The molecule has 0 spiro atoms. The number of nitrogens with one attached hydrogen (secondary N) is 1. The first kappa shape index (κ1) is 9.48. The van der Waals surface area contributed by atoms with Crippen LogP contribution in [0.5, 0.6) is 0 Å². The van der Waals surface area contributed by atoms with Gasteiger partial charge in [0, 0.05) is 19.5 Å². The third kappa shape index (κ3) is 2.79. The summed E-state index contributed by atoms with van der Waals surface area (Å²) in [5, 5.41) is 2.54. The highest BCUT2D eigenvalue weighted by Gasteiger charge is 2.26. The molecule has 0 aliphatic heterocycles. The quantitative estimate of drug-likeness (QED) is 0.608. The van der Waals surface area contributed by atoms with Crippen molar-refractivity contribution in [1.82, 2.24) is 5.32 Å². The van der Waals surface area contributed by atoms with Crippen molar-refractivity contribution >= 4 is 5.91 Å². The van der Waals surface area contributed by atoms with E-state index in [0.717, 1.165) is 12.8 Å². The average Bonchev–Trinajstić information content (AvgIpc) is 2.01. The van der Waals surface area contributed by atoms with E-state index in [-0.39, 0.29) is 5.91 Å². The van der Waals surface area contributed by atoms with Crippen molar-refractivity contribution in [3.63, 3.8) is 0 Å². The van der Waals surface area contributed by atoms with Gasteiger partial charge in [0.05, 0.1) is 12.7 Å². The maximum atomic E-state index is 10.7. The standard InChI is InChI=1S/C8H16N2O2/c1-10-8(11)2-3-12-7-4-6(9)5-7/h6-7H,2-5,9H2,1H3,(H,10,11). The van der Waals surface area contributed by atoms with Crippen LogP contribution in [0.4, 0.5) is 0 Å². The van der Waals surface area contributed by atoms with Crippen molar-refractivity contribution in [2.24, 2.45) is 5.73 Å². The summed E-state index contributed by atoms with van der Waals surface area (Å²) in [4.78, 5) is 10.7. The molecule has 0 aromatic rings. The van der Waals surface area contributed by atoms with E-state index in [2.05, 4.69) is 5.32 Å². The Morgan fingerprint density at radius 3 is 2.83 bits per heavy atom. The Balaban J connectivity index is 1.93. The van der Waals surface area contributed by atoms with Crippen LogP contribution in [0.2, 0.25) is 0 Å². The molecule has 70 valence electrons. The van der Waals surface area contributed by atoms with Crippen molar-refractivity contribution in [2.75, 3.05) is 13.7 Å². The minimum atomic E-state index is 0.0265. The lowest BCUT2D eigenvalue weighted by atomic mass is 9.90. The summed E-state index contributed by atoms with van der Waals surface area (Å²) in [7, 11) is 1.63. The first-order chi connectivity index (χ1) is 5.72. The van der Waals surface area contributed by atoms with Crippen LogP contribution < -0.4 is 11.1 Å². The van der Waals surface area contributed by atoms with Crippen LogP contribution in [0.25, 0.3) is 0 Å². The fraction of sp³-hybridized carbons (Fsp3) is 0.875. The van der Waals surface area contributed by atoms with Gasteiger partial charge < -0.3 is 15.8 Å². The van der Waals surface area contributed by atoms with Gasteiger partial charge in [0.2, 0.25) is 5.91 Å². The lowest BCUT2D eigenvalue weighted by molar-refractivity contribution is -0.122. The summed E-state index contributed by atoms with van der Waals surface area (Å²) in [5.74, 6) is 0.0265. The summed E-state index contributed by atoms with van der Waals surface area (Å²) in [5.41, 5.74) is 5.57. The van der Waals surface area contributed by atoms with Crippen molar-refractivity contribution < 1.29 is 9.53 Å². The van der Waals surface area contributed by atoms with Crippen LogP contribution in [0, 0.1) is 0 Å². The van der Waals surface area contributed by atoms with Crippen molar-refractivity contribution in [3.05, 3.63) is 0 Å². The maximum absolute atomic E-state index is 10.7. The third-order valence-electron chi connectivity index (χ3n) is 2.09. The number of ether oxygens (including phenoxy) is 1. The summed E-state index contributed by atoms with van der Waals surface area (Å²) < 4.78 is 5.38. The predicted molar refractivity (Wildman–Crippen MR) is 45.6 cm³/mol. The molecule has 1 rings (SSSR count). The molecule has 12 heavy (non-hydrogen) atoms. The van der Waals surface area contributed by atoms with Gasteiger partial charge in [-0.15, -0.1) is 0 Å². The molecule has 1 fully saturated rings. The lowest BCUT2D eigenvalue weighted by Crippen LogP contribution is -2.42. The van der Waals surface area contributed by atoms with Gasteiger partial charge >= 0.3 is 0 Å². The second-order valence-electron chi connectivity index (χ2n) is 3.15. The summed E-state index contributed by atoms with van der Waals surface area (Å²) >= 11 is 0. The normalized spacial score (nSPS) is 27.8. The van der Waals surface area contributed by atoms with Crippen molar-refractivity contribution in [2.45, 2.75) is 31.4 Å². The van der Waals surface area contributed by atoms with Crippen LogP contribution in [-0.2, 0) is 9.53 Å². The predicted octanol–water partition coefficient (Wildman–Crippen LogP) is -0.371. The Bertz CT molecular complexity index is 155. The smallest absolute Gasteiger partial charge is 0.222 e. The fourth-order valence-electron chi connectivity index (χ4n) is 1.19. The summed E-state index contributed by atoms with van der Waals surface area (Å²) in [6.45, 7) is 0.511. The highest BCUT2D eigenvalue weighted by atomic mass is 16.5. The van der Waals surface area contributed by atoms with E-state index in [9.17, 15) is 4.79 Å². The monoisotopic (exact) mass is 172 g/mol. The molecule has 4 heteroatoms. The molecule has 1 saturated carbocycles. The van der Waals surface area contributed by atoms with Gasteiger partial charge in [0.25, 0.3) is 0 Å². The van der Waals surface area contributed by atoms with E-state index in [0.29, 0.717) is 25.2 Å². The second kappa shape index (κ2) is 4.42. The van der Waals surface area contributed by atoms with E-state index in [1.807, 2.05) is 0 Å². The zero-order chi connectivity index (χ0) is 8.97. The van der Waals surface area contributed by atoms with Crippen LogP contribution in [0.1, 0.15) is 19.3 Å². The van der Waals surface area contributed by atoms with Gasteiger partial charge in [0.15, 0.2) is 0 Å². The molecular formula is C8H16N2O2. The Morgan fingerprint density at radius 2 is 2.33 bits per heavy atom. The number of amides is 1. The van der Waals surface area contributed by atoms with E-state index >= 15 is 0 Å². The molecule has 0 aromatic carbocycles. The highest BCUT2D eigenvalue weighted by Crippen LogP contribution is 2.20. The molecule has 4 nitrogen and oxygen atoms in total. The number of hydrogen-bond donors (Lipinski definition) is 2. The largest absolute Gasteiger partial charge is 0.378 e. The van der Waals surface area contributed by atoms with Gasteiger partial charge in [-0.3, -0.25) is 4.79 Å². The Kier molecular flexibility index (Phi) is 3.49. The SMILES string of the molecule is CNC(=O)CCOC1CC(N)C1. The molecule has 1 aliphatic carbocycles. The molecule has 0 heterocycles. The fourth-order valence-corrected chi connectivity index (χ4v) is 1.19. The first-order valence-corrected chi connectivity index (χ1v) is 4.30. The van der Waals surface area contributed by atoms with E-state index < -0.39 is 0 Å². The van der Waals surface area contributed by atoms with Crippen molar-refractivity contribution in [3.8, 4) is 0 Å². The average molecular weight is 172 g/mol. The minimum absolute atomic E-state index is 0.0265. The molecule has 3 N–H and O–H groups in total. The van der Waals surface area contributed by atoms with Gasteiger partial charge in [-0.2, -0.15) is 0 Å². The van der Waals surface area contributed by atoms with E-state index in [4.69, 9.17) is 10.5 Å². The molecule has 0 saturated heterocycles. The number of nitrogens with two attached hydrogens (primary N) is 1. The highest BCUT2D eigenvalue weighted by molar-refractivity contribution is 5.75. The lowest BCUT2D eigenvalue weighted by Gasteiger charge is -2.32. The zero-order valence-corrected chi connectivity index (χ0v) is 7.38. The molecule has 1 amide bonds. The second-order valence-corrected chi connectivity index (χ2v) is 3.15. The molecule has 1 aliphatic rings. The summed E-state index contributed by atoms with van der Waals surface area (Å²) in [6, 6.07) is 0.315. The number of rotatable bonds is 4. The minimum Gasteiger partial charge on any atom is -0.378 e. The van der Waals surface area contributed by atoms with Crippen LogP contribution in [0.3, 0.4) is 0 Å². The third-order valence-corrected chi connectivity index (χ3v) is 2.09. The van der Waals surface area contributed by atoms with Crippen LogP contribution >= 0.6 is 0 Å². The molecule has 0 bridgehead atoms. The van der Waals surface area contributed by atoms with Gasteiger partial charge in [-0.1, -0.05) is 0 Å². The Hall–Kier alpha value is -0.610. The number of carbonyl (C=O) groups excluding carboxylic acids is 1. The van der Waals surface area contributed by atoms with Gasteiger partial charge in [-0.25, -0.2) is 0 Å². The molecule has 0 atom stereocenters. The molecule has 0 radical (unpaired) electrons. The van der Waals surface area contributed by atoms with Gasteiger partial charge in [-0.05, 0) is 12.8 Å². The Morgan fingerprint density at radius 1 is 1.67 bits per heavy atom.